The molecule has 0 aliphatic rings. The van der Waals surface area contributed by atoms with Crippen LogP contribution in [-0.2, 0) is 0 Å². The van der Waals surface area contributed by atoms with Gasteiger partial charge in [0.25, 0.3) is 0 Å². The van der Waals surface area contributed by atoms with E-state index in [-0.39, 0.29) is 5.43 Å². The molecular weight excluding hydrogens is 290 g/mol. The maximum Gasteiger partial charge on any atom is 0.193 e. The maximum absolute atomic E-state index is 12.2. The van der Waals surface area contributed by atoms with Gasteiger partial charge in [-0.3, -0.25) is 4.79 Å². The summed E-state index contributed by atoms with van der Waals surface area (Å²) in [5.74, 6) is 0.963. The molecule has 0 atom stereocenters. The van der Waals surface area contributed by atoms with Gasteiger partial charge in [0.1, 0.15) is 5.76 Å². The number of nitrogens with zero attached hydrogens (tertiary/aromatic N) is 1. The van der Waals surface area contributed by atoms with Crippen LogP contribution in [0.15, 0.2) is 57.7 Å². The number of methoxy groups -OCH3 is 1. The second-order valence-corrected chi connectivity index (χ2v) is 4.92. The zero-order chi connectivity index (χ0) is 16.2. The molecule has 3 rings (SSSR count). The summed E-state index contributed by atoms with van der Waals surface area (Å²) in [4.78, 5) is 12.2. The minimum atomic E-state index is -0.121. The summed E-state index contributed by atoms with van der Waals surface area (Å²) < 4.78 is 11.0. The van der Waals surface area contributed by atoms with Gasteiger partial charge in [0.05, 0.1) is 24.1 Å². The summed E-state index contributed by atoms with van der Waals surface area (Å²) in [6.45, 7) is 0. The smallest absolute Gasteiger partial charge is 0.193 e. The average molecular weight is 303 g/mol. The minimum Gasteiger partial charge on any atom is -0.493 e. The van der Waals surface area contributed by atoms with Crippen molar-refractivity contribution >= 4 is 23.1 Å². The summed E-state index contributed by atoms with van der Waals surface area (Å²) in [7, 11) is 1.54. The molecule has 0 aliphatic carbocycles. The van der Waals surface area contributed by atoms with Crippen LogP contribution in [0.5, 0.6) is 5.75 Å². The fourth-order valence-electron chi connectivity index (χ4n) is 2.26. The summed E-state index contributed by atoms with van der Waals surface area (Å²) >= 11 is 0. The van der Waals surface area contributed by atoms with Crippen molar-refractivity contribution < 1.29 is 9.15 Å². The highest BCUT2D eigenvalue weighted by atomic mass is 16.5. The predicted octanol–water partition coefficient (Wildman–Crippen LogP) is 3.84. The Hall–Kier alpha value is -3.32. The molecule has 0 saturated heterocycles. The summed E-state index contributed by atoms with van der Waals surface area (Å²) in [5, 5.41) is 9.27. The molecule has 0 unspecified atom stereocenters. The summed E-state index contributed by atoms with van der Waals surface area (Å²) in [6.07, 6.45) is 3.54. The number of fused-ring (bicyclic) bond motifs is 1. The lowest BCUT2D eigenvalue weighted by atomic mass is 10.1. The van der Waals surface area contributed by atoms with Gasteiger partial charge in [-0.25, -0.2) is 0 Å². The summed E-state index contributed by atoms with van der Waals surface area (Å²) in [6, 6.07) is 15.9. The normalized spacial score (nSPS) is 10.8. The molecule has 0 saturated carbocycles. The number of hydrogen-bond acceptors (Lipinski definition) is 4. The van der Waals surface area contributed by atoms with Gasteiger partial charge in [0.15, 0.2) is 16.8 Å². The van der Waals surface area contributed by atoms with Crippen LogP contribution in [0.4, 0.5) is 0 Å². The first kappa shape index (κ1) is 14.6. The minimum absolute atomic E-state index is 0.121. The Kier molecular flexibility index (Phi) is 3.94. The van der Waals surface area contributed by atoms with E-state index in [4.69, 9.17) is 14.4 Å². The van der Waals surface area contributed by atoms with Crippen molar-refractivity contribution in [3.8, 4) is 11.8 Å². The first-order valence-corrected chi connectivity index (χ1v) is 7.00. The van der Waals surface area contributed by atoms with Gasteiger partial charge in [0.2, 0.25) is 0 Å². The Balaban J connectivity index is 2.01. The second kappa shape index (κ2) is 6.20. The van der Waals surface area contributed by atoms with Crippen molar-refractivity contribution in [2.75, 3.05) is 7.11 Å². The van der Waals surface area contributed by atoms with Crippen LogP contribution in [0, 0.1) is 11.3 Å². The number of para-hydroxylation sites is 1. The fourth-order valence-corrected chi connectivity index (χ4v) is 2.26. The van der Waals surface area contributed by atoms with E-state index in [1.165, 1.54) is 13.2 Å². The Bertz CT molecular complexity index is 976. The number of hydrogen-bond donors (Lipinski definition) is 0. The molecule has 0 radical (unpaired) electrons. The molecule has 1 aromatic heterocycles. The molecule has 0 amide bonds. The molecule has 23 heavy (non-hydrogen) atoms. The first-order valence-electron chi connectivity index (χ1n) is 7.00. The zero-order valence-electron chi connectivity index (χ0n) is 12.4. The van der Waals surface area contributed by atoms with Crippen molar-refractivity contribution in [2.24, 2.45) is 0 Å². The van der Waals surface area contributed by atoms with E-state index in [0.29, 0.717) is 28.0 Å². The SMILES string of the molecule is COc1cccc2c(=O)cc(/C=C/c3ccc(C#N)cc3)oc12. The molecule has 0 aliphatic heterocycles. The fraction of sp³-hybridized carbons (Fsp3) is 0.0526. The first-order chi connectivity index (χ1) is 11.2. The van der Waals surface area contributed by atoms with Crippen molar-refractivity contribution in [1.29, 1.82) is 5.26 Å². The summed E-state index contributed by atoms with van der Waals surface area (Å²) in [5.41, 5.74) is 1.82. The third-order valence-corrected chi connectivity index (χ3v) is 3.44. The second-order valence-electron chi connectivity index (χ2n) is 4.92. The van der Waals surface area contributed by atoms with Gasteiger partial charge < -0.3 is 9.15 Å². The molecule has 3 aromatic rings. The van der Waals surface area contributed by atoms with Crippen LogP contribution in [0.2, 0.25) is 0 Å². The third-order valence-electron chi connectivity index (χ3n) is 3.44. The highest BCUT2D eigenvalue weighted by Crippen LogP contribution is 2.24. The Labute approximate surface area is 132 Å². The molecule has 0 N–H and O–H groups in total. The highest BCUT2D eigenvalue weighted by molar-refractivity contribution is 5.83. The van der Waals surface area contributed by atoms with Crippen molar-refractivity contribution in [3.63, 3.8) is 0 Å². The molecule has 0 bridgehead atoms. The lowest BCUT2D eigenvalue weighted by molar-refractivity contribution is 0.408. The molecular formula is C19H13NO3. The molecule has 4 nitrogen and oxygen atoms in total. The molecule has 112 valence electrons. The van der Waals surface area contributed by atoms with E-state index >= 15 is 0 Å². The molecule has 0 spiro atoms. The quantitative estimate of drug-likeness (QED) is 0.737. The Morgan fingerprint density at radius 1 is 1.13 bits per heavy atom. The number of ether oxygens (including phenoxy) is 1. The molecule has 2 aromatic carbocycles. The van der Waals surface area contributed by atoms with Gasteiger partial charge in [-0.1, -0.05) is 24.3 Å². The van der Waals surface area contributed by atoms with Crippen molar-refractivity contribution in [3.05, 3.63) is 75.6 Å². The Morgan fingerprint density at radius 3 is 2.61 bits per heavy atom. The molecule has 4 heteroatoms. The molecule has 1 heterocycles. The largest absolute Gasteiger partial charge is 0.493 e. The van der Waals surface area contributed by atoms with Gasteiger partial charge in [-0.2, -0.15) is 5.26 Å². The van der Waals surface area contributed by atoms with Crippen LogP contribution in [0.3, 0.4) is 0 Å². The number of nitriles is 1. The van der Waals surface area contributed by atoms with Gasteiger partial charge in [-0.15, -0.1) is 0 Å². The van der Waals surface area contributed by atoms with Gasteiger partial charge in [0, 0.05) is 6.07 Å². The lowest BCUT2D eigenvalue weighted by Gasteiger charge is -2.04. The van der Waals surface area contributed by atoms with Crippen LogP contribution in [-0.4, -0.2) is 7.11 Å². The Morgan fingerprint density at radius 2 is 1.91 bits per heavy atom. The van der Waals surface area contributed by atoms with E-state index in [9.17, 15) is 4.79 Å². The van der Waals surface area contributed by atoms with E-state index in [2.05, 4.69) is 6.07 Å². The van der Waals surface area contributed by atoms with E-state index in [0.717, 1.165) is 5.56 Å². The van der Waals surface area contributed by atoms with Crippen LogP contribution >= 0.6 is 0 Å². The van der Waals surface area contributed by atoms with E-state index in [1.807, 2.05) is 18.2 Å². The molecule has 0 fully saturated rings. The maximum atomic E-state index is 12.2. The van der Waals surface area contributed by atoms with Crippen molar-refractivity contribution in [1.82, 2.24) is 0 Å². The standard InChI is InChI=1S/C19H13NO3/c1-22-18-4-2-3-16-17(21)11-15(23-19(16)18)10-9-13-5-7-14(12-20)8-6-13/h2-11H,1H3/b10-9+. The number of benzene rings is 2. The topological polar surface area (TPSA) is 63.2 Å². The van der Waals surface area contributed by atoms with Crippen LogP contribution in [0.25, 0.3) is 23.1 Å². The van der Waals surface area contributed by atoms with Crippen LogP contribution < -0.4 is 10.2 Å². The van der Waals surface area contributed by atoms with E-state index < -0.39 is 0 Å². The number of rotatable bonds is 3. The van der Waals surface area contributed by atoms with Gasteiger partial charge in [-0.05, 0) is 35.9 Å². The predicted molar refractivity (Wildman–Crippen MR) is 89.1 cm³/mol. The monoisotopic (exact) mass is 303 g/mol. The van der Waals surface area contributed by atoms with Crippen molar-refractivity contribution in [2.45, 2.75) is 0 Å². The average Bonchev–Trinajstić information content (AvgIpc) is 2.60. The highest BCUT2D eigenvalue weighted by Gasteiger charge is 2.07. The zero-order valence-corrected chi connectivity index (χ0v) is 12.4. The van der Waals surface area contributed by atoms with E-state index in [1.54, 1.807) is 36.4 Å². The van der Waals surface area contributed by atoms with Gasteiger partial charge >= 0.3 is 0 Å². The van der Waals surface area contributed by atoms with Crippen LogP contribution in [0.1, 0.15) is 16.9 Å². The third kappa shape index (κ3) is 2.99. The lowest BCUT2D eigenvalue weighted by Crippen LogP contribution is -2.01.